The van der Waals surface area contributed by atoms with Crippen molar-refractivity contribution in [2.24, 2.45) is 0 Å². The Labute approximate surface area is 174 Å². The lowest BCUT2D eigenvalue weighted by molar-refractivity contribution is -0.385. The van der Waals surface area contributed by atoms with Gasteiger partial charge >= 0.3 is 0 Å². The van der Waals surface area contributed by atoms with E-state index in [-0.39, 0.29) is 16.3 Å². The van der Waals surface area contributed by atoms with Crippen molar-refractivity contribution in [1.82, 2.24) is 15.2 Å². The Bertz CT molecular complexity index is 1050. The van der Waals surface area contributed by atoms with Gasteiger partial charge in [0.25, 0.3) is 21.6 Å². The fraction of sp³-hybridized carbons (Fsp3) is 0.333. The lowest BCUT2D eigenvalue weighted by atomic mass is 10.2. The van der Waals surface area contributed by atoms with E-state index in [2.05, 4.69) is 4.98 Å². The second kappa shape index (κ2) is 8.59. The monoisotopic (exact) mass is 461 g/mol. The normalized spacial score (nSPS) is 14.6. The van der Waals surface area contributed by atoms with E-state index in [4.69, 9.17) is 16.3 Å². The van der Waals surface area contributed by atoms with Gasteiger partial charge in [-0.15, -0.1) is 16.2 Å². The molecular formula is C15H16ClN5O6S2. The van der Waals surface area contributed by atoms with E-state index in [1.54, 1.807) is 0 Å². The molecule has 0 bridgehead atoms. The molecular weight excluding hydrogens is 446 g/mol. The average molecular weight is 462 g/mol. The summed E-state index contributed by atoms with van der Waals surface area (Å²) in [6, 6.07) is 1.94. The maximum Gasteiger partial charge on any atom is 0.285 e. The zero-order valence-electron chi connectivity index (χ0n) is 15.0. The number of hydrazine groups is 1. The van der Waals surface area contributed by atoms with Crippen molar-refractivity contribution in [2.45, 2.75) is 11.8 Å². The third kappa shape index (κ3) is 4.82. The van der Waals surface area contributed by atoms with Gasteiger partial charge in [-0.2, -0.15) is 0 Å². The van der Waals surface area contributed by atoms with Crippen LogP contribution in [0.3, 0.4) is 0 Å². The molecule has 3 rings (SSSR count). The number of benzene rings is 1. The van der Waals surface area contributed by atoms with Crippen LogP contribution in [-0.4, -0.2) is 50.5 Å². The molecule has 1 aliphatic heterocycles. The first-order chi connectivity index (χ1) is 13.7. The van der Waals surface area contributed by atoms with Crippen molar-refractivity contribution in [1.29, 1.82) is 0 Å². The number of halogens is 1. The highest BCUT2D eigenvalue weighted by molar-refractivity contribution is 7.89. The number of carbonyl (C=O) groups is 1. The van der Waals surface area contributed by atoms with Crippen LogP contribution in [0.5, 0.6) is 0 Å². The summed E-state index contributed by atoms with van der Waals surface area (Å²) in [7, 11) is -4.29. The number of nitro benzene ring substituents is 1. The molecule has 156 valence electrons. The molecule has 0 aliphatic carbocycles. The largest absolute Gasteiger partial charge is 0.378 e. The SMILES string of the molecule is Cc1c(Cl)cc(S(=O)(=O)NNC(=O)c2csc(N3CCOCC3)n2)cc1[N+](=O)[O-]. The summed E-state index contributed by atoms with van der Waals surface area (Å²) in [6.45, 7) is 3.82. The van der Waals surface area contributed by atoms with Gasteiger partial charge in [-0.3, -0.25) is 20.3 Å². The third-order valence-electron chi connectivity index (χ3n) is 4.10. The smallest absolute Gasteiger partial charge is 0.285 e. The molecule has 29 heavy (non-hydrogen) atoms. The maximum atomic E-state index is 12.4. The molecule has 1 aromatic carbocycles. The topological polar surface area (TPSA) is 144 Å². The summed E-state index contributed by atoms with van der Waals surface area (Å²) in [5.41, 5.74) is 1.77. The average Bonchev–Trinajstić information content (AvgIpc) is 3.19. The van der Waals surface area contributed by atoms with Crippen molar-refractivity contribution >= 4 is 49.7 Å². The molecule has 0 radical (unpaired) electrons. The highest BCUT2D eigenvalue weighted by Crippen LogP contribution is 2.29. The number of carbonyl (C=O) groups excluding carboxylic acids is 1. The van der Waals surface area contributed by atoms with Gasteiger partial charge in [-0.1, -0.05) is 11.6 Å². The second-order valence-electron chi connectivity index (χ2n) is 5.98. The predicted octanol–water partition coefficient (Wildman–Crippen LogP) is 1.47. The fourth-order valence-corrected chi connectivity index (χ4v) is 4.51. The van der Waals surface area contributed by atoms with Crippen molar-refractivity contribution in [3.05, 3.63) is 43.9 Å². The van der Waals surface area contributed by atoms with Gasteiger partial charge in [0.2, 0.25) is 0 Å². The number of rotatable bonds is 6. The molecule has 2 N–H and O–H groups in total. The molecule has 11 nitrogen and oxygen atoms in total. The summed E-state index contributed by atoms with van der Waals surface area (Å²) < 4.78 is 30.1. The lowest BCUT2D eigenvalue weighted by Crippen LogP contribution is -2.41. The van der Waals surface area contributed by atoms with Crippen LogP contribution < -0.4 is 15.2 Å². The first-order valence-electron chi connectivity index (χ1n) is 8.24. The number of nitro groups is 1. The van der Waals surface area contributed by atoms with Crippen LogP contribution in [0.4, 0.5) is 10.8 Å². The Morgan fingerprint density at radius 1 is 1.38 bits per heavy atom. The van der Waals surface area contributed by atoms with Crippen LogP contribution in [0.1, 0.15) is 16.1 Å². The molecule has 1 aromatic heterocycles. The molecule has 1 saturated heterocycles. The number of amides is 1. The van der Waals surface area contributed by atoms with Crippen molar-refractivity contribution in [2.75, 3.05) is 31.2 Å². The number of thiazole rings is 1. The number of nitrogens with one attached hydrogen (secondary N) is 2. The van der Waals surface area contributed by atoms with Gasteiger partial charge in [-0.05, 0) is 13.0 Å². The van der Waals surface area contributed by atoms with Gasteiger partial charge in [0.15, 0.2) is 5.13 Å². The Balaban J connectivity index is 1.71. The highest BCUT2D eigenvalue weighted by Gasteiger charge is 2.24. The van der Waals surface area contributed by atoms with E-state index in [0.29, 0.717) is 31.4 Å². The molecule has 0 atom stereocenters. The first-order valence-corrected chi connectivity index (χ1v) is 11.0. The standard InChI is InChI=1S/C15H16ClN5O6S2/c1-9-11(16)6-10(7-13(9)21(23)24)29(25,26)19-18-14(22)12-8-28-15(17-12)20-2-4-27-5-3-20/h6-8,19H,2-5H2,1H3,(H,18,22). The number of anilines is 1. The zero-order chi connectivity index (χ0) is 21.2. The number of ether oxygens (including phenoxy) is 1. The van der Waals surface area contributed by atoms with Gasteiger partial charge in [0, 0.05) is 30.1 Å². The van der Waals surface area contributed by atoms with Crippen LogP contribution in [0.25, 0.3) is 0 Å². The van der Waals surface area contributed by atoms with Crippen LogP contribution in [0, 0.1) is 17.0 Å². The molecule has 2 aromatic rings. The number of nitrogens with zero attached hydrogens (tertiary/aromatic N) is 3. The van der Waals surface area contributed by atoms with Crippen LogP contribution in [0.15, 0.2) is 22.4 Å². The van der Waals surface area contributed by atoms with Crippen LogP contribution in [0.2, 0.25) is 5.02 Å². The van der Waals surface area contributed by atoms with Crippen LogP contribution >= 0.6 is 22.9 Å². The quantitative estimate of drug-likeness (QED) is 0.486. The Hall–Kier alpha value is -2.32. The van der Waals surface area contributed by atoms with Gasteiger partial charge in [0.05, 0.1) is 28.1 Å². The summed E-state index contributed by atoms with van der Waals surface area (Å²) in [4.78, 5) is 30.2. The molecule has 0 saturated carbocycles. The first kappa shape index (κ1) is 21.4. The minimum absolute atomic E-state index is 0.0344. The summed E-state index contributed by atoms with van der Waals surface area (Å²) in [6.07, 6.45) is 0. The summed E-state index contributed by atoms with van der Waals surface area (Å²) in [5.74, 6) is -0.767. The third-order valence-corrected chi connectivity index (χ3v) is 6.62. The van der Waals surface area contributed by atoms with E-state index in [1.165, 1.54) is 23.6 Å². The zero-order valence-corrected chi connectivity index (χ0v) is 17.4. The number of aromatic nitrogens is 1. The number of morpholine rings is 1. The van der Waals surface area contributed by atoms with E-state index in [9.17, 15) is 23.3 Å². The fourth-order valence-electron chi connectivity index (χ4n) is 2.49. The van der Waals surface area contributed by atoms with Gasteiger partial charge in [0.1, 0.15) is 5.69 Å². The molecule has 14 heteroatoms. The van der Waals surface area contributed by atoms with Gasteiger partial charge in [-0.25, -0.2) is 13.4 Å². The Morgan fingerprint density at radius 3 is 2.72 bits per heavy atom. The Kier molecular flexibility index (Phi) is 6.33. The van der Waals surface area contributed by atoms with Crippen LogP contribution in [-0.2, 0) is 14.8 Å². The molecule has 1 aliphatic rings. The summed E-state index contributed by atoms with van der Waals surface area (Å²) in [5, 5.41) is 13.1. The molecule has 2 heterocycles. The number of hydrogen-bond acceptors (Lipinski definition) is 9. The molecule has 1 amide bonds. The van der Waals surface area contributed by atoms with E-state index in [0.717, 1.165) is 12.1 Å². The minimum Gasteiger partial charge on any atom is -0.378 e. The van der Waals surface area contributed by atoms with E-state index in [1.807, 2.05) is 15.2 Å². The minimum atomic E-state index is -4.29. The molecule has 0 spiro atoms. The predicted molar refractivity (Wildman–Crippen MR) is 106 cm³/mol. The second-order valence-corrected chi connectivity index (χ2v) is 8.91. The Morgan fingerprint density at radius 2 is 2.07 bits per heavy atom. The van der Waals surface area contributed by atoms with Gasteiger partial charge < -0.3 is 9.64 Å². The number of hydrogen-bond donors (Lipinski definition) is 2. The van der Waals surface area contributed by atoms with Crippen molar-refractivity contribution < 1.29 is 22.9 Å². The molecule has 1 fully saturated rings. The lowest BCUT2D eigenvalue weighted by Gasteiger charge is -2.25. The van der Waals surface area contributed by atoms with E-state index >= 15 is 0 Å². The number of sulfonamides is 1. The van der Waals surface area contributed by atoms with Crippen molar-refractivity contribution in [3.8, 4) is 0 Å². The highest BCUT2D eigenvalue weighted by atomic mass is 35.5. The maximum absolute atomic E-state index is 12.4. The van der Waals surface area contributed by atoms with Crippen molar-refractivity contribution in [3.63, 3.8) is 0 Å². The molecule has 0 unspecified atom stereocenters. The summed E-state index contributed by atoms with van der Waals surface area (Å²) >= 11 is 7.15. The van der Waals surface area contributed by atoms with E-state index < -0.39 is 31.4 Å².